The first-order valence-electron chi connectivity index (χ1n) is 6.90. The summed E-state index contributed by atoms with van der Waals surface area (Å²) >= 11 is 0. The molecule has 1 rings (SSSR count). The number of hydrazine groups is 1. The van der Waals surface area contributed by atoms with Crippen molar-refractivity contribution in [2.24, 2.45) is 0 Å². The van der Waals surface area contributed by atoms with E-state index in [-0.39, 0.29) is 6.09 Å². The van der Waals surface area contributed by atoms with Crippen LogP contribution in [0, 0.1) is 0 Å². The number of carbonyl (C=O) groups is 1. The van der Waals surface area contributed by atoms with E-state index in [0.29, 0.717) is 12.6 Å². The summed E-state index contributed by atoms with van der Waals surface area (Å²) < 4.78 is 5.40. The number of nitrogens with one attached hydrogen (secondary N) is 2. The van der Waals surface area contributed by atoms with Gasteiger partial charge in [-0.05, 0) is 53.1 Å². The molecule has 1 aliphatic heterocycles. The number of rotatable bonds is 4. The predicted molar refractivity (Wildman–Crippen MR) is 72.3 cm³/mol. The van der Waals surface area contributed by atoms with Gasteiger partial charge in [-0.3, -0.25) is 0 Å². The van der Waals surface area contributed by atoms with Gasteiger partial charge in [0.05, 0.1) is 0 Å². The molecule has 0 spiro atoms. The molecule has 1 fully saturated rings. The Hall–Kier alpha value is -0.810. The zero-order valence-corrected chi connectivity index (χ0v) is 12.1. The highest BCUT2D eigenvalue weighted by Gasteiger charge is 2.24. The van der Waals surface area contributed by atoms with Crippen LogP contribution in [0.5, 0.6) is 0 Å². The summed E-state index contributed by atoms with van der Waals surface area (Å²) in [5, 5.41) is 4.94. The van der Waals surface area contributed by atoms with Crippen LogP contribution in [-0.2, 0) is 4.74 Å². The third kappa shape index (κ3) is 5.69. The molecule has 0 aliphatic carbocycles. The van der Waals surface area contributed by atoms with Crippen molar-refractivity contribution in [3.8, 4) is 0 Å². The summed E-state index contributed by atoms with van der Waals surface area (Å²) in [6.07, 6.45) is 2.73. The first kappa shape index (κ1) is 15.2. The fourth-order valence-corrected chi connectivity index (χ4v) is 1.92. The second kappa shape index (κ2) is 6.95. The van der Waals surface area contributed by atoms with Gasteiger partial charge in [0, 0.05) is 12.6 Å². The van der Waals surface area contributed by atoms with E-state index < -0.39 is 5.60 Å². The Morgan fingerprint density at radius 2 is 2.00 bits per heavy atom. The summed E-state index contributed by atoms with van der Waals surface area (Å²) in [7, 11) is 0. The average molecular weight is 257 g/mol. The molecule has 0 unspecified atom stereocenters. The quantitative estimate of drug-likeness (QED) is 0.755. The molecule has 1 amide bonds. The average Bonchev–Trinajstić information content (AvgIpc) is 2.27. The van der Waals surface area contributed by atoms with E-state index in [9.17, 15) is 4.79 Å². The molecule has 0 aromatic rings. The molecule has 0 atom stereocenters. The maximum atomic E-state index is 12.0. The largest absolute Gasteiger partial charge is 0.443 e. The number of amides is 1. The van der Waals surface area contributed by atoms with Crippen LogP contribution in [0.2, 0.25) is 0 Å². The summed E-state index contributed by atoms with van der Waals surface area (Å²) in [6, 6.07) is 0.366. The minimum absolute atomic E-state index is 0.275. The molecule has 1 heterocycles. The third-order valence-corrected chi connectivity index (χ3v) is 2.74. The van der Waals surface area contributed by atoms with Crippen molar-refractivity contribution < 1.29 is 9.53 Å². The lowest BCUT2D eigenvalue weighted by molar-refractivity contribution is 0.00829. The van der Waals surface area contributed by atoms with E-state index in [4.69, 9.17) is 4.74 Å². The fourth-order valence-electron chi connectivity index (χ4n) is 1.92. The van der Waals surface area contributed by atoms with Crippen LogP contribution in [0.1, 0.15) is 47.0 Å². The molecule has 1 saturated heterocycles. The van der Waals surface area contributed by atoms with E-state index in [1.807, 2.05) is 20.8 Å². The molecule has 5 heteroatoms. The Balaban J connectivity index is 2.49. The molecule has 5 nitrogen and oxygen atoms in total. The summed E-state index contributed by atoms with van der Waals surface area (Å²) in [4.78, 5) is 12.0. The van der Waals surface area contributed by atoms with Crippen molar-refractivity contribution in [2.45, 2.75) is 58.6 Å². The number of piperidine rings is 1. The maximum Gasteiger partial charge on any atom is 0.424 e. The van der Waals surface area contributed by atoms with Gasteiger partial charge in [0.25, 0.3) is 0 Å². The second-order valence-corrected chi connectivity index (χ2v) is 5.79. The Kier molecular flexibility index (Phi) is 5.88. The van der Waals surface area contributed by atoms with E-state index in [1.54, 1.807) is 5.01 Å². The predicted octanol–water partition coefficient (Wildman–Crippen LogP) is 1.89. The van der Waals surface area contributed by atoms with Crippen molar-refractivity contribution in [3.05, 3.63) is 0 Å². The van der Waals surface area contributed by atoms with Gasteiger partial charge in [-0.15, -0.1) is 0 Å². The molecule has 0 aromatic carbocycles. The monoisotopic (exact) mass is 257 g/mol. The van der Waals surface area contributed by atoms with Crippen molar-refractivity contribution in [1.29, 1.82) is 0 Å². The zero-order valence-electron chi connectivity index (χ0n) is 12.1. The smallest absolute Gasteiger partial charge is 0.424 e. The topological polar surface area (TPSA) is 53.6 Å². The van der Waals surface area contributed by atoms with Crippen LogP contribution in [0.15, 0.2) is 0 Å². The Bertz CT molecular complexity index is 257. The molecule has 18 heavy (non-hydrogen) atoms. The van der Waals surface area contributed by atoms with Gasteiger partial charge in [-0.2, -0.15) is 0 Å². The van der Waals surface area contributed by atoms with Gasteiger partial charge in [-0.25, -0.2) is 15.2 Å². The molecular weight excluding hydrogens is 230 g/mol. The van der Waals surface area contributed by atoms with Crippen LogP contribution in [-0.4, -0.2) is 42.4 Å². The summed E-state index contributed by atoms with van der Waals surface area (Å²) in [6.45, 7) is 10.4. The van der Waals surface area contributed by atoms with Crippen molar-refractivity contribution in [3.63, 3.8) is 0 Å². The Labute approximate surface area is 110 Å². The lowest BCUT2D eigenvalue weighted by atomic mass is 10.1. The minimum atomic E-state index is -0.446. The van der Waals surface area contributed by atoms with Gasteiger partial charge in [0.1, 0.15) is 5.60 Å². The normalized spacial score (nSPS) is 17.6. The van der Waals surface area contributed by atoms with E-state index in [1.165, 1.54) is 0 Å². The first-order chi connectivity index (χ1) is 8.42. The maximum absolute atomic E-state index is 12.0. The van der Waals surface area contributed by atoms with E-state index >= 15 is 0 Å². The number of ether oxygens (including phenoxy) is 1. The van der Waals surface area contributed by atoms with Crippen LogP contribution in [0.3, 0.4) is 0 Å². The number of nitrogens with zero attached hydrogens (tertiary/aromatic N) is 1. The lowest BCUT2D eigenvalue weighted by Crippen LogP contribution is -2.52. The lowest BCUT2D eigenvalue weighted by Gasteiger charge is -2.32. The van der Waals surface area contributed by atoms with Gasteiger partial charge in [0.15, 0.2) is 0 Å². The molecule has 0 saturated carbocycles. The summed E-state index contributed by atoms with van der Waals surface area (Å²) in [5.41, 5.74) is 2.85. The molecular formula is C13H27N3O2. The van der Waals surface area contributed by atoms with Crippen LogP contribution < -0.4 is 10.7 Å². The molecule has 0 aromatic heterocycles. The summed E-state index contributed by atoms with van der Waals surface area (Å²) in [5.74, 6) is 0. The number of carbonyl (C=O) groups excluding carboxylic acids is 1. The standard InChI is InChI=1S/C13H27N3O2/c1-5-10-16(12(17)18-13(2,3)4)15-11-6-8-14-9-7-11/h11,14-15H,5-10H2,1-4H3. The minimum Gasteiger partial charge on any atom is -0.443 e. The van der Waals surface area contributed by atoms with Crippen molar-refractivity contribution in [1.82, 2.24) is 15.8 Å². The number of hydrogen-bond acceptors (Lipinski definition) is 4. The second-order valence-electron chi connectivity index (χ2n) is 5.79. The molecule has 1 aliphatic rings. The number of hydrogen-bond donors (Lipinski definition) is 2. The van der Waals surface area contributed by atoms with Gasteiger partial charge in [0.2, 0.25) is 0 Å². The highest BCUT2D eigenvalue weighted by molar-refractivity contribution is 5.67. The third-order valence-electron chi connectivity index (χ3n) is 2.74. The SMILES string of the molecule is CCCN(NC1CCNCC1)C(=O)OC(C)(C)C. The Morgan fingerprint density at radius 3 is 2.50 bits per heavy atom. The van der Waals surface area contributed by atoms with Gasteiger partial charge < -0.3 is 10.1 Å². The zero-order chi connectivity index (χ0) is 13.6. The molecule has 106 valence electrons. The fraction of sp³-hybridized carbons (Fsp3) is 0.923. The highest BCUT2D eigenvalue weighted by atomic mass is 16.6. The highest BCUT2D eigenvalue weighted by Crippen LogP contribution is 2.11. The van der Waals surface area contributed by atoms with Gasteiger partial charge >= 0.3 is 6.09 Å². The van der Waals surface area contributed by atoms with Gasteiger partial charge in [-0.1, -0.05) is 6.92 Å². The van der Waals surface area contributed by atoms with Crippen molar-refractivity contribution >= 4 is 6.09 Å². The van der Waals surface area contributed by atoms with E-state index in [2.05, 4.69) is 17.7 Å². The molecule has 0 radical (unpaired) electrons. The van der Waals surface area contributed by atoms with Crippen molar-refractivity contribution in [2.75, 3.05) is 19.6 Å². The Morgan fingerprint density at radius 1 is 1.39 bits per heavy atom. The van der Waals surface area contributed by atoms with Crippen LogP contribution in [0.4, 0.5) is 4.79 Å². The molecule has 0 bridgehead atoms. The van der Waals surface area contributed by atoms with Crippen LogP contribution in [0.25, 0.3) is 0 Å². The first-order valence-corrected chi connectivity index (χ1v) is 6.90. The van der Waals surface area contributed by atoms with Crippen LogP contribution >= 0.6 is 0 Å². The molecule has 2 N–H and O–H groups in total. The van der Waals surface area contributed by atoms with E-state index in [0.717, 1.165) is 32.4 Å².